The van der Waals surface area contributed by atoms with Gasteiger partial charge in [-0.25, -0.2) is 0 Å². The van der Waals surface area contributed by atoms with E-state index in [0.29, 0.717) is 6.04 Å². The average Bonchev–Trinajstić information content (AvgIpc) is 3.09. The van der Waals surface area contributed by atoms with Gasteiger partial charge in [-0.1, -0.05) is 52.4 Å². The Morgan fingerprint density at radius 2 is 2.04 bits per heavy atom. The molecule has 25 heavy (non-hydrogen) atoms. The predicted molar refractivity (Wildman–Crippen MR) is 104 cm³/mol. The van der Waals surface area contributed by atoms with Crippen LogP contribution in [0.2, 0.25) is 0 Å². The number of nitrogens with zero attached hydrogens (tertiary/aromatic N) is 4. The third kappa shape index (κ3) is 7.45. The highest BCUT2D eigenvalue weighted by Crippen LogP contribution is 2.17. The first-order chi connectivity index (χ1) is 12.3. The van der Waals surface area contributed by atoms with Crippen molar-refractivity contribution in [2.45, 2.75) is 90.6 Å². The van der Waals surface area contributed by atoms with Crippen LogP contribution in [0.1, 0.15) is 77.5 Å². The third-order valence-electron chi connectivity index (χ3n) is 4.88. The second kappa shape index (κ2) is 11.9. The van der Waals surface area contributed by atoms with Gasteiger partial charge in [0.25, 0.3) is 0 Å². The molecule has 2 rings (SSSR count). The van der Waals surface area contributed by atoms with Gasteiger partial charge in [0.05, 0.1) is 0 Å². The highest BCUT2D eigenvalue weighted by atomic mass is 15.3. The van der Waals surface area contributed by atoms with Crippen molar-refractivity contribution in [3.63, 3.8) is 0 Å². The largest absolute Gasteiger partial charge is 0.355 e. The summed E-state index contributed by atoms with van der Waals surface area (Å²) in [6.45, 7) is 6.99. The molecule has 1 saturated carbocycles. The van der Waals surface area contributed by atoms with Crippen LogP contribution in [0.5, 0.6) is 0 Å². The van der Waals surface area contributed by atoms with Crippen LogP contribution in [-0.2, 0) is 13.0 Å². The van der Waals surface area contributed by atoms with Gasteiger partial charge in [-0.05, 0) is 19.3 Å². The Morgan fingerprint density at radius 3 is 2.80 bits per heavy atom. The van der Waals surface area contributed by atoms with Gasteiger partial charge in [0.1, 0.15) is 12.2 Å². The fraction of sp³-hybridized carbons (Fsp3) is 0.842. The lowest BCUT2D eigenvalue weighted by molar-refractivity contribution is 0.409. The van der Waals surface area contributed by atoms with Gasteiger partial charge in [0.2, 0.25) is 0 Å². The van der Waals surface area contributed by atoms with E-state index >= 15 is 0 Å². The molecule has 0 unspecified atom stereocenters. The highest BCUT2D eigenvalue weighted by molar-refractivity contribution is 5.80. The van der Waals surface area contributed by atoms with Crippen molar-refractivity contribution in [3.05, 3.63) is 12.2 Å². The molecule has 0 atom stereocenters. The quantitative estimate of drug-likeness (QED) is 0.387. The number of aryl methyl sites for hydroxylation is 1. The standard InChI is InChI=1S/C19H36N6/c1-3-5-6-10-13-20-19(23-17-11-8-7-9-12-17)21-14-15-25-16-22-24-18(25)4-2/h16-17H,3-15H2,1-2H3,(H2,20,21,23). The Bertz CT molecular complexity index is 490. The highest BCUT2D eigenvalue weighted by Gasteiger charge is 2.14. The molecule has 6 heteroatoms. The number of nitrogens with one attached hydrogen (secondary N) is 2. The lowest BCUT2D eigenvalue weighted by Crippen LogP contribution is -2.45. The Hall–Kier alpha value is -1.59. The van der Waals surface area contributed by atoms with Gasteiger partial charge in [-0.15, -0.1) is 10.2 Å². The molecule has 1 heterocycles. The monoisotopic (exact) mass is 348 g/mol. The summed E-state index contributed by atoms with van der Waals surface area (Å²) in [5, 5.41) is 15.3. The molecular formula is C19H36N6. The molecular weight excluding hydrogens is 312 g/mol. The van der Waals surface area contributed by atoms with Crippen LogP contribution in [-0.4, -0.2) is 39.9 Å². The maximum atomic E-state index is 4.80. The minimum atomic E-state index is 0.580. The summed E-state index contributed by atoms with van der Waals surface area (Å²) in [6.07, 6.45) is 14.3. The van der Waals surface area contributed by atoms with Crippen molar-refractivity contribution in [2.75, 3.05) is 13.1 Å². The van der Waals surface area contributed by atoms with Gasteiger partial charge < -0.3 is 15.2 Å². The molecule has 1 fully saturated rings. The first-order valence-electron chi connectivity index (χ1n) is 10.2. The third-order valence-corrected chi connectivity index (χ3v) is 4.88. The van der Waals surface area contributed by atoms with E-state index in [-0.39, 0.29) is 0 Å². The van der Waals surface area contributed by atoms with E-state index in [0.717, 1.165) is 37.8 Å². The number of guanidine groups is 1. The first-order valence-corrected chi connectivity index (χ1v) is 10.2. The molecule has 0 aromatic carbocycles. The lowest BCUT2D eigenvalue weighted by atomic mass is 9.96. The minimum Gasteiger partial charge on any atom is -0.355 e. The Labute approximate surface area is 152 Å². The summed E-state index contributed by atoms with van der Waals surface area (Å²) in [6, 6.07) is 0.580. The predicted octanol–water partition coefficient (Wildman–Crippen LogP) is 3.29. The van der Waals surface area contributed by atoms with E-state index < -0.39 is 0 Å². The van der Waals surface area contributed by atoms with Gasteiger partial charge in [-0.3, -0.25) is 4.99 Å². The van der Waals surface area contributed by atoms with Crippen LogP contribution in [0.15, 0.2) is 11.3 Å². The Kier molecular flexibility index (Phi) is 9.37. The van der Waals surface area contributed by atoms with E-state index in [1.165, 1.54) is 57.8 Å². The zero-order valence-electron chi connectivity index (χ0n) is 16.1. The summed E-state index contributed by atoms with van der Waals surface area (Å²) in [7, 11) is 0. The molecule has 1 aliphatic rings. The fourth-order valence-corrected chi connectivity index (χ4v) is 3.36. The van der Waals surface area contributed by atoms with Gasteiger partial charge in [-0.2, -0.15) is 0 Å². The Balaban J connectivity index is 1.80. The summed E-state index contributed by atoms with van der Waals surface area (Å²) >= 11 is 0. The van der Waals surface area contributed by atoms with Crippen molar-refractivity contribution in [1.29, 1.82) is 0 Å². The van der Waals surface area contributed by atoms with Crippen LogP contribution in [0, 0.1) is 0 Å². The number of aromatic nitrogens is 3. The summed E-state index contributed by atoms with van der Waals surface area (Å²) in [4.78, 5) is 4.80. The summed E-state index contributed by atoms with van der Waals surface area (Å²) < 4.78 is 2.12. The fourth-order valence-electron chi connectivity index (χ4n) is 3.36. The number of rotatable bonds is 10. The zero-order valence-corrected chi connectivity index (χ0v) is 16.1. The van der Waals surface area contributed by atoms with Gasteiger partial charge in [0.15, 0.2) is 5.96 Å². The normalized spacial score (nSPS) is 16.2. The van der Waals surface area contributed by atoms with Crippen molar-refractivity contribution in [3.8, 4) is 0 Å². The molecule has 6 nitrogen and oxygen atoms in total. The maximum Gasteiger partial charge on any atom is 0.191 e. The molecule has 142 valence electrons. The van der Waals surface area contributed by atoms with E-state index in [9.17, 15) is 0 Å². The van der Waals surface area contributed by atoms with Crippen LogP contribution in [0.4, 0.5) is 0 Å². The van der Waals surface area contributed by atoms with Crippen LogP contribution in [0.25, 0.3) is 0 Å². The molecule has 1 aliphatic carbocycles. The molecule has 1 aromatic heterocycles. The average molecular weight is 349 g/mol. The molecule has 0 aliphatic heterocycles. The van der Waals surface area contributed by atoms with E-state index in [1.807, 2.05) is 6.33 Å². The second-order valence-electron chi connectivity index (χ2n) is 6.99. The van der Waals surface area contributed by atoms with Crippen LogP contribution >= 0.6 is 0 Å². The number of hydrogen-bond acceptors (Lipinski definition) is 3. The first kappa shape index (κ1) is 19.7. The van der Waals surface area contributed by atoms with Crippen molar-refractivity contribution < 1.29 is 0 Å². The Morgan fingerprint density at radius 1 is 1.20 bits per heavy atom. The molecule has 0 amide bonds. The van der Waals surface area contributed by atoms with E-state index in [2.05, 4.69) is 39.2 Å². The van der Waals surface area contributed by atoms with Crippen molar-refractivity contribution >= 4 is 5.96 Å². The van der Waals surface area contributed by atoms with Gasteiger partial charge in [0, 0.05) is 32.1 Å². The number of hydrogen-bond donors (Lipinski definition) is 2. The van der Waals surface area contributed by atoms with E-state index in [4.69, 9.17) is 4.99 Å². The van der Waals surface area contributed by atoms with Crippen LogP contribution < -0.4 is 10.6 Å². The maximum absolute atomic E-state index is 4.80. The smallest absolute Gasteiger partial charge is 0.191 e. The van der Waals surface area contributed by atoms with E-state index in [1.54, 1.807) is 0 Å². The van der Waals surface area contributed by atoms with Crippen LogP contribution in [0.3, 0.4) is 0 Å². The molecule has 2 N–H and O–H groups in total. The minimum absolute atomic E-state index is 0.580. The topological polar surface area (TPSA) is 67.1 Å². The number of aliphatic imine (C=N–C) groups is 1. The molecule has 1 aromatic rings. The molecule has 0 saturated heterocycles. The SMILES string of the molecule is CCCCCCN=C(NCCn1cnnc1CC)NC1CCCCC1. The molecule has 0 bridgehead atoms. The summed E-state index contributed by atoms with van der Waals surface area (Å²) in [5.74, 6) is 2.02. The van der Waals surface area contributed by atoms with Crippen molar-refractivity contribution in [2.24, 2.45) is 4.99 Å². The molecule has 0 radical (unpaired) electrons. The van der Waals surface area contributed by atoms with Gasteiger partial charge >= 0.3 is 0 Å². The second-order valence-corrected chi connectivity index (χ2v) is 6.99. The summed E-state index contributed by atoms with van der Waals surface area (Å²) in [5.41, 5.74) is 0. The van der Waals surface area contributed by atoms with Crippen molar-refractivity contribution in [1.82, 2.24) is 25.4 Å². The lowest BCUT2D eigenvalue weighted by Gasteiger charge is -2.25. The zero-order chi connectivity index (χ0) is 17.7. The molecule has 0 spiro atoms. The number of unbranched alkanes of at least 4 members (excludes halogenated alkanes) is 3.